The van der Waals surface area contributed by atoms with E-state index in [1.54, 1.807) is 0 Å². The van der Waals surface area contributed by atoms with Crippen molar-refractivity contribution in [3.63, 3.8) is 0 Å². The summed E-state index contributed by atoms with van der Waals surface area (Å²) in [7, 11) is 0. The Labute approximate surface area is 120 Å². The van der Waals surface area contributed by atoms with Gasteiger partial charge in [0.2, 0.25) is 0 Å². The molecule has 0 atom stereocenters. The molecule has 19 heavy (non-hydrogen) atoms. The number of non-ortho nitro benzene ring substituents is 1. The Bertz CT molecular complexity index is 733. The van der Waals surface area contributed by atoms with Crippen LogP contribution in [0.25, 0.3) is 0 Å². The van der Waals surface area contributed by atoms with Crippen LogP contribution in [0.1, 0.15) is 5.56 Å². The van der Waals surface area contributed by atoms with Crippen LogP contribution >= 0.6 is 22.6 Å². The summed E-state index contributed by atoms with van der Waals surface area (Å²) < 4.78 is 1.45. The van der Waals surface area contributed by atoms with Gasteiger partial charge in [0.1, 0.15) is 0 Å². The summed E-state index contributed by atoms with van der Waals surface area (Å²) in [6, 6.07) is 5.71. The first-order valence-electron chi connectivity index (χ1n) is 5.20. The first kappa shape index (κ1) is 13.5. The van der Waals surface area contributed by atoms with E-state index in [1.165, 1.54) is 30.5 Å². The van der Waals surface area contributed by atoms with Gasteiger partial charge in [0.15, 0.2) is 0 Å². The first-order chi connectivity index (χ1) is 8.99. The van der Waals surface area contributed by atoms with Crippen molar-refractivity contribution in [3.05, 3.63) is 70.5 Å². The van der Waals surface area contributed by atoms with E-state index >= 15 is 0 Å². The van der Waals surface area contributed by atoms with Gasteiger partial charge < -0.3 is 4.98 Å². The Morgan fingerprint density at radius 1 is 1.26 bits per heavy atom. The molecule has 1 aromatic carbocycles. The lowest BCUT2D eigenvalue weighted by atomic mass is 10.2. The molecule has 0 aliphatic rings. The second-order valence-corrected chi connectivity index (χ2v) is 4.92. The van der Waals surface area contributed by atoms with Gasteiger partial charge >= 0.3 is 5.69 Å². The van der Waals surface area contributed by atoms with Gasteiger partial charge in [-0.1, -0.05) is 12.1 Å². The third-order valence-corrected chi connectivity index (χ3v) is 3.28. The highest BCUT2D eigenvalue weighted by Crippen LogP contribution is 2.12. The van der Waals surface area contributed by atoms with E-state index in [9.17, 15) is 19.7 Å². The Hall–Kier alpha value is -1.97. The Morgan fingerprint density at radius 3 is 2.47 bits per heavy atom. The van der Waals surface area contributed by atoms with Gasteiger partial charge in [-0.05, 0) is 28.2 Å². The molecule has 0 amide bonds. The minimum absolute atomic E-state index is 0.0346. The molecular formula is C11H8IN3O4. The molecule has 8 heteroatoms. The average Bonchev–Trinajstić information content (AvgIpc) is 2.40. The maximum Gasteiger partial charge on any atom is 0.328 e. The molecule has 2 aromatic rings. The van der Waals surface area contributed by atoms with Gasteiger partial charge in [-0.15, -0.1) is 0 Å². The van der Waals surface area contributed by atoms with Gasteiger partial charge in [0.05, 0.1) is 15.0 Å². The van der Waals surface area contributed by atoms with Crippen molar-refractivity contribution < 1.29 is 4.92 Å². The Morgan fingerprint density at radius 2 is 1.89 bits per heavy atom. The van der Waals surface area contributed by atoms with Gasteiger partial charge in [-0.25, -0.2) is 4.79 Å². The molecule has 98 valence electrons. The number of aromatic nitrogens is 2. The van der Waals surface area contributed by atoms with E-state index in [2.05, 4.69) is 4.98 Å². The lowest BCUT2D eigenvalue weighted by Crippen LogP contribution is -2.36. The van der Waals surface area contributed by atoms with Crippen molar-refractivity contribution in [1.82, 2.24) is 9.55 Å². The molecule has 0 saturated carbocycles. The zero-order valence-electron chi connectivity index (χ0n) is 9.50. The molecule has 0 radical (unpaired) electrons. The summed E-state index contributed by atoms with van der Waals surface area (Å²) in [5.74, 6) is 0. The van der Waals surface area contributed by atoms with Crippen molar-refractivity contribution in [1.29, 1.82) is 0 Å². The molecule has 2 rings (SSSR count). The highest BCUT2D eigenvalue weighted by molar-refractivity contribution is 14.1. The number of benzene rings is 1. The molecule has 0 aliphatic heterocycles. The molecule has 0 fully saturated rings. The molecule has 1 heterocycles. The van der Waals surface area contributed by atoms with Gasteiger partial charge in [0.25, 0.3) is 11.2 Å². The summed E-state index contributed by atoms with van der Waals surface area (Å²) >= 11 is 1.83. The number of nitro benzene ring substituents is 1. The summed E-state index contributed by atoms with van der Waals surface area (Å²) in [4.78, 5) is 35.8. The number of nitrogens with zero attached hydrogens (tertiary/aromatic N) is 2. The number of halogens is 1. The van der Waals surface area contributed by atoms with E-state index in [0.717, 1.165) is 4.57 Å². The van der Waals surface area contributed by atoms with Crippen molar-refractivity contribution in [2.24, 2.45) is 0 Å². The highest BCUT2D eigenvalue weighted by atomic mass is 127. The molecule has 1 aromatic heterocycles. The van der Waals surface area contributed by atoms with Crippen LogP contribution in [-0.4, -0.2) is 14.5 Å². The molecule has 7 nitrogen and oxygen atoms in total. The number of rotatable bonds is 3. The third-order valence-electron chi connectivity index (χ3n) is 2.50. The predicted octanol–water partition coefficient (Wildman–Crippen LogP) is 1.10. The molecule has 0 saturated heterocycles. The molecule has 0 unspecified atom stereocenters. The largest absolute Gasteiger partial charge is 0.328 e. The van der Waals surface area contributed by atoms with E-state index in [0.29, 0.717) is 9.13 Å². The first-order valence-corrected chi connectivity index (χ1v) is 6.28. The van der Waals surface area contributed by atoms with E-state index < -0.39 is 10.6 Å². The number of H-pyrrole nitrogens is 1. The van der Waals surface area contributed by atoms with E-state index in [-0.39, 0.29) is 17.8 Å². The quantitative estimate of drug-likeness (QED) is 0.495. The van der Waals surface area contributed by atoms with Crippen molar-refractivity contribution in [3.8, 4) is 0 Å². The summed E-state index contributed by atoms with van der Waals surface area (Å²) in [6.45, 7) is 0.0724. The molecule has 0 spiro atoms. The normalized spacial score (nSPS) is 10.4. The highest BCUT2D eigenvalue weighted by Gasteiger charge is 2.08. The van der Waals surface area contributed by atoms with Crippen LogP contribution in [0.5, 0.6) is 0 Å². The minimum atomic E-state index is -0.510. The number of hydrogen-bond donors (Lipinski definition) is 1. The van der Waals surface area contributed by atoms with Gasteiger partial charge in [0, 0.05) is 18.3 Å². The van der Waals surface area contributed by atoms with Crippen LogP contribution in [0.2, 0.25) is 0 Å². The summed E-state index contributed by atoms with van der Waals surface area (Å²) in [5.41, 5.74) is -0.292. The number of hydrogen-bond acceptors (Lipinski definition) is 4. The SMILES string of the molecule is O=c1[nH]cc(I)c(=O)n1Cc1ccc([N+](=O)[O-])cc1. The van der Waals surface area contributed by atoms with Gasteiger partial charge in [-0.2, -0.15) is 0 Å². The lowest BCUT2D eigenvalue weighted by molar-refractivity contribution is -0.384. The maximum absolute atomic E-state index is 11.8. The predicted molar refractivity (Wildman–Crippen MR) is 76.2 cm³/mol. The molecule has 1 N–H and O–H groups in total. The van der Waals surface area contributed by atoms with Crippen molar-refractivity contribution in [2.45, 2.75) is 6.54 Å². The fourth-order valence-corrected chi connectivity index (χ4v) is 1.98. The summed E-state index contributed by atoms with van der Waals surface area (Å²) in [5, 5.41) is 10.5. The number of nitrogens with one attached hydrogen (secondary N) is 1. The van der Waals surface area contributed by atoms with Crippen LogP contribution in [0.15, 0.2) is 40.1 Å². The number of aromatic amines is 1. The van der Waals surface area contributed by atoms with Crippen LogP contribution in [0, 0.1) is 13.7 Å². The number of nitro groups is 1. The van der Waals surface area contributed by atoms with Crippen LogP contribution in [-0.2, 0) is 6.54 Å². The van der Waals surface area contributed by atoms with Crippen molar-refractivity contribution in [2.75, 3.05) is 0 Å². The second kappa shape index (κ2) is 5.34. The smallest absolute Gasteiger partial charge is 0.313 e. The fraction of sp³-hybridized carbons (Fsp3) is 0.0909. The van der Waals surface area contributed by atoms with Crippen molar-refractivity contribution >= 4 is 28.3 Å². The van der Waals surface area contributed by atoms with Crippen LogP contribution in [0.4, 0.5) is 5.69 Å². The van der Waals surface area contributed by atoms with Gasteiger partial charge in [-0.3, -0.25) is 19.5 Å². The lowest BCUT2D eigenvalue weighted by Gasteiger charge is -2.04. The molecular weight excluding hydrogens is 365 g/mol. The van der Waals surface area contributed by atoms with Crippen LogP contribution < -0.4 is 11.2 Å². The van der Waals surface area contributed by atoms with E-state index in [4.69, 9.17) is 0 Å². The average molecular weight is 373 g/mol. The second-order valence-electron chi connectivity index (χ2n) is 3.76. The topological polar surface area (TPSA) is 98.0 Å². The van der Waals surface area contributed by atoms with Crippen LogP contribution in [0.3, 0.4) is 0 Å². The third kappa shape index (κ3) is 2.89. The van der Waals surface area contributed by atoms with E-state index in [1.807, 2.05) is 22.6 Å². The minimum Gasteiger partial charge on any atom is -0.313 e. The maximum atomic E-state index is 11.8. The summed E-state index contributed by atoms with van der Waals surface area (Å²) in [6.07, 6.45) is 1.34. The monoisotopic (exact) mass is 373 g/mol. The standard InChI is InChI=1S/C11H8IN3O4/c12-9-5-13-11(17)14(10(9)16)6-7-1-3-8(4-2-7)15(18)19/h1-5H,6H2,(H,13,17). The zero-order valence-corrected chi connectivity index (χ0v) is 11.7. The Kier molecular flexibility index (Phi) is 3.79. The molecule has 0 aliphatic carbocycles. The fourth-order valence-electron chi connectivity index (χ4n) is 1.54. The Balaban J connectivity index is 2.37. The zero-order chi connectivity index (χ0) is 14.0. The molecule has 0 bridgehead atoms.